The summed E-state index contributed by atoms with van der Waals surface area (Å²) in [4.78, 5) is 10.5. The van der Waals surface area contributed by atoms with Crippen molar-refractivity contribution in [1.29, 1.82) is 0 Å². The molecule has 3 N–H and O–H groups in total. The van der Waals surface area contributed by atoms with Gasteiger partial charge in [-0.3, -0.25) is 0 Å². The molecule has 0 aromatic carbocycles. The number of aliphatic hydroxyl groups is 1. The molecular weight excluding hydrogens is 200 g/mol. The van der Waals surface area contributed by atoms with Crippen LogP contribution in [0.25, 0.3) is 0 Å². The fourth-order valence-corrected chi connectivity index (χ4v) is 1.00. The Morgan fingerprint density at radius 1 is 1.73 bits per heavy atom. The summed E-state index contributed by atoms with van der Waals surface area (Å²) in [6.45, 7) is 3.06. The summed E-state index contributed by atoms with van der Waals surface area (Å²) in [6, 6.07) is 1.37. The Balaban J connectivity index is 2.35. The van der Waals surface area contributed by atoms with Gasteiger partial charge in [0.25, 0.3) is 0 Å². The Morgan fingerprint density at radius 2 is 2.47 bits per heavy atom. The fraction of sp³-hybridized carbons (Fsp3) is 0.556. The van der Waals surface area contributed by atoms with Crippen molar-refractivity contribution in [2.45, 2.75) is 13.5 Å². The lowest BCUT2D eigenvalue weighted by Gasteiger charge is -2.07. The average molecular weight is 214 g/mol. The second-order valence-electron chi connectivity index (χ2n) is 3.40. The minimum absolute atomic E-state index is 0.0954. The van der Waals surface area contributed by atoms with Crippen LogP contribution < -0.4 is 5.32 Å². The quantitative estimate of drug-likeness (QED) is 0.621. The molecule has 1 atom stereocenters. The number of carboxylic acids is 1. The molecule has 0 amide bonds. The monoisotopic (exact) mass is 214 g/mol. The number of carbonyl (C=O) groups is 1. The third-order valence-corrected chi connectivity index (χ3v) is 1.88. The van der Waals surface area contributed by atoms with Crippen LogP contribution in [0.3, 0.4) is 0 Å². The number of rotatable bonds is 6. The van der Waals surface area contributed by atoms with E-state index in [9.17, 15) is 4.79 Å². The molecule has 0 aliphatic heterocycles. The molecule has 1 heterocycles. The number of aromatic nitrogens is 1. The minimum Gasteiger partial charge on any atom is -0.476 e. The van der Waals surface area contributed by atoms with Gasteiger partial charge in [0, 0.05) is 19.2 Å². The highest BCUT2D eigenvalue weighted by Gasteiger charge is 2.10. The molecule has 0 saturated heterocycles. The van der Waals surface area contributed by atoms with Crippen LogP contribution in [0.4, 0.5) is 0 Å². The summed E-state index contributed by atoms with van der Waals surface area (Å²) < 4.78 is 4.79. The Labute approximate surface area is 86.9 Å². The smallest absolute Gasteiger partial charge is 0.358 e. The number of hydrogen-bond acceptors (Lipinski definition) is 5. The normalized spacial score (nSPS) is 12.7. The standard InChI is InChI=1S/C9H14N2O4/c1-6(5-12)3-10-4-7-2-8(9(13)14)11-15-7/h2,6,10,12H,3-5H2,1H3,(H,13,14). The van der Waals surface area contributed by atoms with Gasteiger partial charge in [-0.2, -0.15) is 0 Å². The zero-order valence-corrected chi connectivity index (χ0v) is 8.43. The molecule has 15 heavy (non-hydrogen) atoms. The van der Waals surface area contributed by atoms with Gasteiger partial charge in [-0.25, -0.2) is 4.79 Å². The zero-order chi connectivity index (χ0) is 11.3. The summed E-state index contributed by atoms with van der Waals surface area (Å²) >= 11 is 0. The van der Waals surface area contributed by atoms with E-state index in [0.29, 0.717) is 18.8 Å². The van der Waals surface area contributed by atoms with E-state index in [1.54, 1.807) is 0 Å². The van der Waals surface area contributed by atoms with Gasteiger partial charge in [-0.1, -0.05) is 12.1 Å². The highest BCUT2D eigenvalue weighted by atomic mass is 16.5. The number of aromatic carboxylic acids is 1. The maximum atomic E-state index is 10.5. The van der Waals surface area contributed by atoms with E-state index in [0.717, 1.165) is 0 Å². The van der Waals surface area contributed by atoms with Gasteiger partial charge in [-0.15, -0.1) is 0 Å². The van der Waals surface area contributed by atoms with E-state index in [4.69, 9.17) is 14.7 Å². The lowest BCUT2D eigenvalue weighted by Crippen LogP contribution is -2.22. The lowest BCUT2D eigenvalue weighted by molar-refractivity contribution is 0.0685. The minimum atomic E-state index is -1.10. The van der Waals surface area contributed by atoms with Gasteiger partial charge in [0.05, 0.1) is 6.54 Å². The van der Waals surface area contributed by atoms with Crippen molar-refractivity contribution in [3.8, 4) is 0 Å². The highest BCUT2D eigenvalue weighted by Crippen LogP contribution is 2.03. The maximum Gasteiger partial charge on any atom is 0.358 e. The van der Waals surface area contributed by atoms with E-state index >= 15 is 0 Å². The molecule has 1 aromatic rings. The first kappa shape index (κ1) is 11.7. The van der Waals surface area contributed by atoms with E-state index in [2.05, 4.69) is 10.5 Å². The van der Waals surface area contributed by atoms with Gasteiger partial charge in [0.1, 0.15) is 0 Å². The Kier molecular flexibility index (Phi) is 4.26. The van der Waals surface area contributed by atoms with E-state index in [-0.39, 0.29) is 18.2 Å². The fourth-order valence-electron chi connectivity index (χ4n) is 1.00. The average Bonchev–Trinajstić information content (AvgIpc) is 2.66. The van der Waals surface area contributed by atoms with E-state index < -0.39 is 5.97 Å². The van der Waals surface area contributed by atoms with Crippen molar-refractivity contribution in [2.24, 2.45) is 5.92 Å². The summed E-state index contributed by atoms with van der Waals surface area (Å²) in [7, 11) is 0. The molecule has 0 spiro atoms. The first-order chi connectivity index (χ1) is 7.13. The third kappa shape index (κ3) is 3.69. The van der Waals surface area contributed by atoms with Gasteiger partial charge >= 0.3 is 5.97 Å². The SMILES string of the molecule is CC(CO)CNCc1cc(C(=O)O)no1. The number of hydrogen-bond donors (Lipinski definition) is 3. The van der Waals surface area contributed by atoms with Crippen molar-refractivity contribution < 1.29 is 19.5 Å². The number of carboxylic acid groups (broad SMARTS) is 1. The molecule has 0 aliphatic carbocycles. The molecule has 6 heteroatoms. The largest absolute Gasteiger partial charge is 0.476 e. The van der Waals surface area contributed by atoms with Crippen molar-refractivity contribution in [3.05, 3.63) is 17.5 Å². The van der Waals surface area contributed by atoms with Crippen LogP contribution in [0.2, 0.25) is 0 Å². The maximum absolute atomic E-state index is 10.5. The van der Waals surface area contributed by atoms with Crippen LogP contribution >= 0.6 is 0 Å². The second-order valence-corrected chi connectivity index (χ2v) is 3.40. The summed E-state index contributed by atoms with van der Waals surface area (Å²) in [5.41, 5.74) is -0.0954. The molecule has 0 fully saturated rings. The summed E-state index contributed by atoms with van der Waals surface area (Å²) in [5, 5.41) is 23.7. The lowest BCUT2D eigenvalue weighted by atomic mass is 10.2. The molecule has 1 rings (SSSR count). The van der Waals surface area contributed by atoms with Crippen molar-refractivity contribution in [3.63, 3.8) is 0 Å². The van der Waals surface area contributed by atoms with Crippen LogP contribution in [-0.4, -0.2) is 34.5 Å². The molecule has 0 radical (unpaired) electrons. The molecule has 6 nitrogen and oxygen atoms in total. The third-order valence-electron chi connectivity index (χ3n) is 1.88. The van der Waals surface area contributed by atoms with Crippen LogP contribution in [0, 0.1) is 5.92 Å². The highest BCUT2D eigenvalue weighted by molar-refractivity contribution is 5.85. The van der Waals surface area contributed by atoms with E-state index in [1.165, 1.54) is 6.07 Å². The van der Waals surface area contributed by atoms with Crippen LogP contribution in [0.1, 0.15) is 23.2 Å². The molecule has 0 saturated carbocycles. The Morgan fingerprint density at radius 3 is 3.00 bits per heavy atom. The summed E-state index contributed by atoms with van der Waals surface area (Å²) in [5.74, 6) is -0.474. The first-order valence-electron chi connectivity index (χ1n) is 4.64. The topological polar surface area (TPSA) is 95.6 Å². The zero-order valence-electron chi connectivity index (χ0n) is 8.43. The molecular formula is C9H14N2O4. The molecule has 84 valence electrons. The molecule has 0 bridgehead atoms. The van der Waals surface area contributed by atoms with Gasteiger partial charge in [0.2, 0.25) is 0 Å². The predicted octanol–water partition coefficient (Wildman–Crippen LogP) is 0.0908. The van der Waals surface area contributed by atoms with Crippen molar-refractivity contribution >= 4 is 5.97 Å². The first-order valence-corrected chi connectivity index (χ1v) is 4.64. The number of aliphatic hydroxyl groups excluding tert-OH is 1. The second kappa shape index (κ2) is 5.47. The van der Waals surface area contributed by atoms with Gasteiger partial charge in [-0.05, 0) is 5.92 Å². The van der Waals surface area contributed by atoms with Gasteiger partial charge < -0.3 is 20.1 Å². The summed E-state index contributed by atoms with van der Waals surface area (Å²) in [6.07, 6.45) is 0. The van der Waals surface area contributed by atoms with Crippen molar-refractivity contribution in [1.82, 2.24) is 10.5 Å². The van der Waals surface area contributed by atoms with E-state index in [1.807, 2.05) is 6.92 Å². The van der Waals surface area contributed by atoms with Gasteiger partial charge in [0.15, 0.2) is 11.5 Å². The Hall–Kier alpha value is -1.40. The van der Waals surface area contributed by atoms with Crippen molar-refractivity contribution in [2.75, 3.05) is 13.2 Å². The van der Waals surface area contributed by atoms with Crippen LogP contribution in [-0.2, 0) is 6.54 Å². The molecule has 1 aromatic heterocycles. The Bertz CT molecular complexity index is 324. The molecule has 1 unspecified atom stereocenters. The predicted molar refractivity (Wildman–Crippen MR) is 51.4 cm³/mol. The van der Waals surface area contributed by atoms with Crippen LogP contribution in [0.5, 0.6) is 0 Å². The van der Waals surface area contributed by atoms with Crippen LogP contribution in [0.15, 0.2) is 10.6 Å². The molecule has 0 aliphatic rings. The number of nitrogens with zero attached hydrogens (tertiary/aromatic N) is 1. The number of nitrogens with one attached hydrogen (secondary N) is 1.